The van der Waals surface area contributed by atoms with Crippen molar-refractivity contribution in [1.82, 2.24) is 10.3 Å². The van der Waals surface area contributed by atoms with Gasteiger partial charge in [-0.25, -0.2) is 4.98 Å². The number of carboxylic acids is 1. The molecule has 0 aliphatic carbocycles. The van der Waals surface area contributed by atoms with Crippen molar-refractivity contribution in [2.75, 3.05) is 11.4 Å². The van der Waals surface area contributed by atoms with E-state index < -0.39 is 12.0 Å². The van der Waals surface area contributed by atoms with Crippen LogP contribution >= 0.6 is 11.3 Å². The first-order chi connectivity index (χ1) is 8.45. The molecule has 7 heteroatoms. The molecule has 6 nitrogen and oxygen atoms in total. The highest BCUT2D eigenvalue weighted by molar-refractivity contribution is 7.14. The zero-order valence-electron chi connectivity index (χ0n) is 10.6. The van der Waals surface area contributed by atoms with Crippen LogP contribution in [0.1, 0.15) is 26.5 Å². The second-order valence-electron chi connectivity index (χ2n) is 3.83. The topological polar surface area (TPSA) is 82.5 Å². The summed E-state index contributed by atoms with van der Waals surface area (Å²) in [5.74, 6) is -0.949. The third-order valence-corrected chi connectivity index (χ3v) is 3.34. The first-order valence-electron chi connectivity index (χ1n) is 5.64. The average molecular weight is 271 g/mol. The largest absolute Gasteiger partial charge is 0.480 e. The Kier molecular flexibility index (Phi) is 5.24. The van der Waals surface area contributed by atoms with Crippen LogP contribution in [0.15, 0.2) is 5.38 Å². The standard InChI is InChI=1S/C11H17N3O3S/c1-4-14(8(3)15)11-13-9(6-18-11)5-12-7(2)10(16)17/h6-7,12H,4-5H2,1-3H3,(H,16,17). The predicted octanol–water partition coefficient (Wildman–Crippen LogP) is 1.08. The van der Waals surface area contributed by atoms with E-state index in [1.54, 1.807) is 11.8 Å². The molecular formula is C11H17N3O3S. The van der Waals surface area contributed by atoms with Gasteiger partial charge < -0.3 is 5.11 Å². The molecule has 0 radical (unpaired) electrons. The van der Waals surface area contributed by atoms with Gasteiger partial charge in [0.05, 0.1) is 5.69 Å². The number of aliphatic carboxylic acids is 1. The Morgan fingerprint density at radius 2 is 2.28 bits per heavy atom. The van der Waals surface area contributed by atoms with Gasteiger partial charge in [0.25, 0.3) is 0 Å². The van der Waals surface area contributed by atoms with Gasteiger partial charge in [-0.3, -0.25) is 19.8 Å². The number of hydrogen-bond acceptors (Lipinski definition) is 5. The minimum atomic E-state index is -0.899. The summed E-state index contributed by atoms with van der Waals surface area (Å²) in [7, 11) is 0. The second kappa shape index (κ2) is 6.46. The minimum Gasteiger partial charge on any atom is -0.480 e. The Bertz CT molecular complexity index is 433. The van der Waals surface area contributed by atoms with Gasteiger partial charge in [-0.1, -0.05) is 0 Å². The van der Waals surface area contributed by atoms with Crippen molar-refractivity contribution in [2.45, 2.75) is 33.4 Å². The average Bonchev–Trinajstić information content (AvgIpc) is 2.74. The summed E-state index contributed by atoms with van der Waals surface area (Å²) in [6, 6.07) is -0.620. The van der Waals surface area contributed by atoms with Crippen molar-refractivity contribution in [3.05, 3.63) is 11.1 Å². The van der Waals surface area contributed by atoms with Crippen molar-refractivity contribution in [1.29, 1.82) is 0 Å². The number of carbonyl (C=O) groups is 2. The van der Waals surface area contributed by atoms with Gasteiger partial charge in [0.1, 0.15) is 6.04 Å². The zero-order chi connectivity index (χ0) is 13.7. The highest BCUT2D eigenvalue weighted by Crippen LogP contribution is 2.20. The fourth-order valence-electron chi connectivity index (χ4n) is 1.34. The molecule has 1 atom stereocenters. The maximum absolute atomic E-state index is 11.3. The predicted molar refractivity (Wildman–Crippen MR) is 69.8 cm³/mol. The molecule has 0 fully saturated rings. The molecular weight excluding hydrogens is 254 g/mol. The Labute approximate surface area is 110 Å². The van der Waals surface area contributed by atoms with E-state index in [1.165, 1.54) is 18.3 Å². The van der Waals surface area contributed by atoms with E-state index >= 15 is 0 Å². The third kappa shape index (κ3) is 3.78. The van der Waals surface area contributed by atoms with Crippen molar-refractivity contribution in [3.8, 4) is 0 Å². The van der Waals surface area contributed by atoms with Crippen LogP contribution < -0.4 is 10.2 Å². The lowest BCUT2D eigenvalue weighted by Gasteiger charge is -2.14. The number of nitrogens with one attached hydrogen (secondary N) is 1. The van der Waals surface area contributed by atoms with E-state index in [1.807, 2.05) is 12.3 Å². The van der Waals surface area contributed by atoms with Crippen LogP contribution in [0, 0.1) is 0 Å². The molecule has 0 bridgehead atoms. The Morgan fingerprint density at radius 1 is 1.61 bits per heavy atom. The number of nitrogens with zero attached hydrogens (tertiary/aromatic N) is 2. The number of aromatic nitrogens is 1. The highest BCUT2D eigenvalue weighted by atomic mass is 32.1. The lowest BCUT2D eigenvalue weighted by molar-refractivity contribution is -0.139. The van der Waals surface area contributed by atoms with Crippen molar-refractivity contribution >= 4 is 28.3 Å². The molecule has 0 aliphatic rings. The number of thiazole rings is 1. The van der Waals surface area contributed by atoms with E-state index in [4.69, 9.17) is 5.11 Å². The van der Waals surface area contributed by atoms with Crippen LogP contribution in [-0.2, 0) is 16.1 Å². The number of hydrogen-bond donors (Lipinski definition) is 2. The summed E-state index contributed by atoms with van der Waals surface area (Å²) in [4.78, 5) is 27.9. The Balaban J connectivity index is 2.63. The van der Waals surface area contributed by atoms with Crippen LogP contribution in [0.4, 0.5) is 5.13 Å². The van der Waals surface area contributed by atoms with Gasteiger partial charge in [-0.15, -0.1) is 11.3 Å². The molecule has 18 heavy (non-hydrogen) atoms. The van der Waals surface area contributed by atoms with Gasteiger partial charge in [0.15, 0.2) is 5.13 Å². The molecule has 1 aromatic rings. The molecule has 1 aromatic heterocycles. The normalized spacial score (nSPS) is 12.2. The van der Waals surface area contributed by atoms with Crippen LogP contribution in [0.5, 0.6) is 0 Å². The molecule has 0 saturated carbocycles. The molecule has 0 saturated heterocycles. The molecule has 0 aromatic carbocycles. The number of rotatable bonds is 6. The maximum Gasteiger partial charge on any atom is 0.320 e. The van der Waals surface area contributed by atoms with Crippen molar-refractivity contribution < 1.29 is 14.7 Å². The summed E-state index contributed by atoms with van der Waals surface area (Å²) in [5, 5.41) is 14.0. The monoisotopic (exact) mass is 271 g/mol. The Morgan fingerprint density at radius 3 is 2.78 bits per heavy atom. The van der Waals surface area contributed by atoms with Crippen LogP contribution in [-0.4, -0.2) is 34.6 Å². The molecule has 2 N–H and O–H groups in total. The molecule has 0 spiro atoms. The highest BCUT2D eigenvalue weighted by Gasteiger charge is 2.14. The van der Waals surface area contributed by atoms with Gasteiger partial charge in [0.2, 0.25) is 5.91 Å². The van der Waals surface area contributed by atoms with Crippen molar-refractivity contribution in [3.63, 3.8) is 0 Å². The van der Waals surface area contributed by atoms with Gasteiger partial charge in [-0.05, 0) is 13.8 Å². The van der Waals surface area contributed by atoms with Crippen LogP contribution in [0.3, 0.4) is 0 Å². The van der Waals surface area contributed by atoms with Crippen molar-refractivity contribution in [2.24, 2.45) is 0 Å². The fourth-order valence-corrected chi connectivity index (χ4v) is 2.27. The SMILES string of the molecule is CCN(C(C)=O)c1nc(CNC(C)C(=O)O)cs1. The number of carboxylic acid groups (broad SMARTS) is 1. The molecule has 100 valence electrons. The Hall–Kier alpha value is -1.47. The zero-order valence-corrected chi connectivity index (χ0v) is 11.5. The quantitative estimate of drug-likeness (QED) is 0.809. The maximum atomic E-state index is 11.3. The van der Waals surface area contributed by atoms with E-state index in [0.29, 0.717) is 18.2 Å². The van der Waals surface area contributed by atoms with E-state index in [-0.39, 0.29) is 5.91 Å². The lowest BCUT2D eigenvalue weighted by Crippen LogP contribution is -2.33. The number of anilines is 1. The van der Waals surface area contributed by atoms with Crippen LogP contribution in [0.2, 0.25) is 0 Å². The van der Waals surface area contributed by atoms with E-state index in [2.05, 4.69) is 10.3 Å². The molecule has 1 rings (SSSR count). The summed E-state index contributed by atoms with van der Waals surface area (Å²) in [5.41, 5.74) is 0.739. The molecule has 1 unspecified atom stereocenters. The lowest BCUT2D eigenvalue weighted by atomic mass is 10.3. The van der Waals surface area contributed by atoms with E-state index in [9.17, 15) is 9.59 Å². The molecule has 1 heterocycles. The summed E-state index contributed by atoms with van der Waals surface area (Å²) >= 11 is 1.38. The molecule has 0 aliphatic heterocycles. The van der Waals surface area contributed by atoms with E-state index in [0.717, 1.165) is 5.69 Å². The van der Waals surface area contributed by atoms with Gasteiger partial charge in [-0.2, -0.15) is 0 Å². The summed E-state index contributed by atoms with van der Waals surface area (Å²) in [6.45, 7) is 5.90. The first-order valence-corrected chi connectivity index (χ1v) is 6.52. The smallest absolute Gasteiger partial charge is 0.320 e. The fraction of sp³-hybridized carbons (Fsp3) is 0.545. The second-order valence-corrected chi connectivity index (χ2v) is 4.66. The first kappa shape index (κ1) is 14.6. The summed E-state index contributed by atoms with van der Waals surface area (Å²) < 4.78 is 0. The van der Waals surface area contributed by atoms with Gasteiger partial charge in [0, 0.05) is 25.4 Å². The number of amides is 1. The van der Waals surface area contributed by atoms with Gasteiger partial charge >= 0.3 is 5.97 Å². The minimum absolute atomic E-state index is 0.0507. The molecule has 1 amide bonds. The van der Waals surface area contributed by atoms with Crippen LogP contribution in [0.25, 0.3) is 0 Å². The number of carbonyl (C=O) groups excluding carboxylic acids is 1. The summed E-state index contributed by atoms with van der Waals surface area (Å²) in [6.07, 6.45) is 0. The third-order valence-electron chi connectivity index (χ3n) is 2.43.